The lowest BCUT2D eigenvalue weighted by Gasteiger charge is -2.32. The summed E-state index contributed by atoms with van der Waals surface area (Å²) in [6.07, 6.45) is 3.65. The van der Waals surface area contributed by atoms with Gasteiger partial charge in [0, 0.05) is 0 Å². The lowest BCUT2D eigenvalue weighted by molar-refractivity contribution is -0.128. The van der Waals surface area contributed by atoms with Gasteiger partial charge >= 0.3 is 6.03 Å². The van der Waals surface area contributed by atoms with Gasteiger partial charge in [-0.05, 0) is 0 Å². The van der Waals surface area contributed by atoms with Gasteiger partial charge in [-0.25, -0.2) is 24.4 Å². The van der Waals surface area contributed by atoms with E-state index in [1.807, 2.05) is 0 Å². The second-order valence-electron chi connectivity index (χ2n) is 3.40. The molecule has 1 rings (SSSR count). The zero-order valence-electron chi connectivity index (χ0n) is 10.6. The molecule has 1 heterocycles. The number of nitrogens with zero attached hydrogens (tertiary/aromatic N) is 6. The van der Waals surface area contributed by atoms with Crippen molar-refractivity contribution in [3.63, 3.8) is 0 Å². The minimum Gasteiger partial charge on any atom is -0.405 e. The van der Waals surface area contributed by atoms with Crippen LogP contribution in [0.25, 0.3) is 0 Å². The van der Waals surface area contributed by atoms with Gasteiger partial charge in [-0.1, -0.05) is 0 Å². The van der Waals surface area contributed by atoms with Crippen molar-refractivity contribution in [1.82, 2.24) is 9.80 Å². The summed E-state index contributed by atoms with van der Waals surface area (Å²) < 4.78 is 8.78. The third-order valence-electron chi connectivity index (χ3n) is 2.29. The summed E-state index contributed by atoms with van der Waals surface area (Å²) in [6, 6.07) is -0.865. The molecule has 3 amide bonds. The van der Waals surface area contributed by atoms with Gasteiger partial charge in [0.1, 0.15) is 12.5 Å². The Morgan fingerprint density at radius 1 is 1.19 bits per heavy atom. The van der Waals surface area contributed by atoms with E-state index in [1.165, 1.54) is 18.6 Å². The quantitative estimate of drug-likeness (QED) is 0.270. The van der Waals surface area contributed by atoms with E-state index < -0.39 is 25.3 Å². The number of amides is 3. The fraction of sp³-hybridized carbons (Fsp3) is 0.400. The zero-order chi connectivity index (χ0) is 15.7. The number of carbonyl (C=O) groups excluding carboxylic acids is 3. The van der Waals surface area contributed by atoms with E-state index in [0.29, 0.717) is 4.90 Å². The topological polar surface area (TPSA) is 148 Å². The zero-order valence-corrected chi connectivity index (χ0v) is 10.6. The number of urea groups is 1. The molecule has 0 radical (unpaired) electrons. The lowest BCUT2D eigenvalue weighted by Crippen LogP contribution is -2.55. The van der Waals surface area contributed by atoms with Crippen molar-refractivity contribution in [2.45, 2.75) is 6.42 Å². The monoisotopic (exact) mass is 292 g/mol. The molecule has 11 nitrogen and oxygen atoms in total. The fourth-order valence-electron chi connectivity index (χ4n) is 1.43. The summed E-state index contributed by atoms with van der Waals surface area (Å²) in [6.45, 7) is -1.36. The highest BCUT2D eigenvalue weighted by atomic mass is 16.5. The normalized spacial score (nSPS) is 16.0. The highest BCUT2D eigenvalue weighted by molar-refractivity contribution is 6.15. The van der Waals surface area contributed by atoms with E-state index in [4.69, 9.17) is 10.5 Å². The highest BCUT2D eigenvalue weighted by Crippen LogP contribution is 2.13. The third kappa shape index (κ3) is 4.02. The number of aliphatic imine (C=N–C) groups is 2. The van der Waals surface area contributed by atoms with Crippen LogP contribution in [0.15, 0.2) is 9.98 Å². The number of amidine groups is 1. The van der Waals surface area contributed by atoms with Crippen LogP contribution < -0.4 is 0 Å². The lowest BCUT2D eigenvalue weighted by atomic mass is 10.2. The van der Waals surface area contributed by atoms with E-state index in [1.54, 1.807) is 0 Å². The Hall–Kier alpha value is -3.43. The summed E-state index contributed by atoms with van der Waals surface area (Å²) >= 11 is 0. The third-order valence-corrected chi connectivity index (χ3v) is 2.29. The molecule has 0 saturated carbocycles. The maximum absolute atomic E-state index is 12.1. The number of imide groups is 1. The molecule has 1 aliphatic rings. The maximum atomic E-state index is 12.1. The standard InChI is InChI=1S/C10H8N6O5/c11-2-20-6-14-8-1-9(18)15(4-13-5-17)10(19)16(8)7-21-3-12/h1,4,6-7H2/b14-8-. The van der Waals surface area contributed by atoms with E-state index in [9.17, 15) is 14.4 Å². The van der Waals surface area contributed by atoms with Crippen molar-refractivity contribution in [3.05, 3.63) is 0 Å². The number of nitriles is 2. The molecule has 0 unspecified atom stereocenters. The number of isocyanates is 1. The molecule has 1 fully saturated rings. The van der Waals surface area contributed by atoms with Crippen molar-refractivity contribution < 1.29 is 23.9 Å². The molecular formula is C10H8N6O5. The molecule has 0 aromatic rings. The van der Waals surface area contributed by atoms with Crippen LogP contribution in [-0.2, 0) is 19.1 Å². The summed E-state index contributed by atoms with van der Waals surface area (Å²) in [4.78, 5) is 42.4. The molecule has 11 heteroatoms. The summed E-state index contributed by atoms with van der Waals surface area (Å²) in [5, 5.41) is 16.6. The predicted molar refractivity (Wildman–Crippen MR) is 62.3 cm³/mol. The van der Waals surface area contributed by atoms with Gasteiger partial charge in [0.25, 0.3) is 12.5 Å². The van der Waals surface area contributed by atoms with Crippen LogP contribution in [0.3, 0.4) is 0 Å². The Balaban J connectivity index is 2.96. The van der Waals surface area contributed by atoms with E-state index in [-0.39, 0.29) is 19.0 Å². The van der Waals surface area contributed by atoms with Gasteiger partial charge in [0.2, 0.25) is 12.0 Å². The van der Waals surface area contributed by atoms with Crippen molar-refractivity contribution in [2.24, 2.45) is 9.98 Å². The van der Waals surface area contributed by atoms with Crippen LogP contribution in [0, 0.1) is 23.0 Å². The van der Waals surface area contributed by atoms with Gasteiger partial charge in [0.15, 0.2) is 13.5 Å². The second-order valence-corrected chi connectivity index (χ2v) is 3.40. The van der Waals surface area contributed by atoms with Crippen LogP contribution in [0.1, 0.15) is 6.42 Å². The molecule has 0 aromatic heterocycles. The van der Waals surface area contributed by atoms with Gasteiger partial charge in [-0.15, -0.1) is 0 Å². The van der Waals surface area contributed by atoms with E-state index >= 15 is 0 Å². The Labute approximate surface area is 118 Å². The van der Waals surface area contributed by atoms with Gasteiger partial charge < -0.3 is 9.47 Å². The molecule has 108 valence electrons. The predicted octanol–water partition coefficient (Wildman–Crippen LogP) is -0.757. The smallest absolute Gasteiger partial charge is 0.336 e. The largest absolute Gasteiger partial charge is 0.405 e. The molecule has 0 aliphatic carbocycles. The maximum Gasteiger partial charge on any atom is 0.336 e. The number of ether oxygens (including phenoxy) is 2. The average molecular weight is 292 g/mol. The Bertz CT molecular complexity index is 582. The minimum absolute atomic E-state index is 0.0261. The second kappa shape index (κ2) is 7.89. The molecule has 0 aromatic carbocycles. The first-order valence-electron chi connectivity index (χ1n) is 5.36. The molecule has 0 spiro atoms. The molecule has 21 heavy (non-hydrogen) atoms. The molecular weight excluding hydrogens is 284 g/mol. The average Bonchev–Trinajstić information content (AvgIpc) is 2.47. The number of hydrogen-bond acceptors (Lipinski definition) is 9. The van der Waals surface area contributed by atoms with Gasteiger partial charge in [-0.3, -0.25) is 4.79 Å². The van der Waals surface area contributed by atoms with Crippen molar-refractivity contribution in [1.29, 1.82) is 10.5 Å². The van der Waals surface area contributed by atoms with E-state index in [0.717, 1.165) is 4.90 Å². The van der Waals surface area contributed by atoms with Crippen LogP contribution in [0.5, 0.6) is 0 Å². The first-order chi connectivity index (χ1) is 10.2. The number of carbonyl (C=O) groups is 2. The SMILES string of the molecule is N#COC/N=C1/CC(=O)N(CN=C=O)C(=O)N1COC#N. The van der Waals surface area contributed by atoms with Gasteiger partial charge in [-0.2, -0.15) is 15.5 Å². The highest BCUT2D eigenvalue weighted by Gasteiger charge is 2.36. The summed E-state index contributed by atoms with van der Waals surface area (Å²) in [7, 11) is 0. The van der Waals surface area contributed by atoms with Crippen LogP contribution in [0.4, 0.5) is 4.79 Å². The molecule has 0 atom stereocenters. The molecule has 1 saturated heterocycles. The fourth-order valence-corrected chi connectivity index (χ4v) is 1.43. The minimum atomic E-state index is -0.865. The number of hydrogen-bond donors (Lipinski definition) is 0. The van der Waals surface area contributed by atoms with E-state index in [2.05, 4.69) is 19.5 Å². The van der Waals surface area contributed by atoms with Gasteiger partial charge in [0.05, 0.1) is 6.42 Å². The van der Waals surface area contributed by atoms with Crippen LogP contribution in [-0.4, -0.2) is 53.8 Å². The Morgan fingerprint density at radius 2 is 1.90 bits per heavy atom. The molecule has 1 aliphatic heterocycles. The summed E-state index contributed by atoms with van der Waals surface area (Å²) in [5.74, 6) is -0.676. The van der Waals surface area contributed by atoms with Crippen LogP contribution in [0.2, 0.25) is 0 Å². The molecule has 0 N–H and O–H groups in total. The number of rotatable bonds is 6. The molecule has 0 bridgehead atoms. The van der Waals surface area contributed by atoms with Crippen molar-refractivity contribution in [2.75, 3.05) is 20.1 Å². The van der Waals surface area contributed by atoms with Crippen molar-refractivity contribution >= 4 is 23.9 Å². The summed E-state index contributed by atoms with van der Waals surface area (Å²) in [5.41, 5.74) is 0. The Kier molecular flexibility index (Phi) is 5.87. The van der Waals surface area contributed by atoms with Crippen molar-refractivity contribution in [3.8, 4) is 12.5 Å². The first kappa shape index (κ1) is 15.6. The Morgan fingerprint density at radius 3 is 2.52 bits per heavy atom. The first-order valence-corrected chi connectivity index (χ1v) is 5.36. The van der Waals surface area contributed by atoms with Crippen LogP contribution >= 0.6 is 0 Å².